The van der Waals surface area contributed by atoms with Gasteiger partial charge >= 0.3 is 5.97 Å². The van der Waals surface area contributed by atoms with E-state index in [1.807, 2.05) is 0 Å². The lowest BCUT2D eigenvalue weighted by Gasteiger charge is -2.36. The Hall–Kier alpha value is -0.270. The van der Waals surface area contributed by atoms with Gasteiger partial charge in [0.15, 0.2) is 0 Å². The van der Waals surface area contributed by atoms with Crippen molar-refractivity contribution < 1.29 is 23.5 Å². The van der Waals surface area contributed by atoms with Gasteiger partial charge in [0.2, 0.25) is 5.91 Å². The number of halogens is 4. The number of carboxylic acid groups (broad SMARTS) is 1. The van der Waals surface area contributed by atoms with Crippen molar-refractivity contribution in [1.29, 1.82) is 0 Å². The molecular formula is C7H9Cl2F2NO3S. The summed E-state index contributed by atoms with van der Waals surface area (Å²) in [6, 6.07) is -1.62. The van der Waals surface area contributed by atoms with Crippen LogP contribution in [-0.2, 0) is 9.59 Å². The van der Waals surface area contributed by atoms with Gasteiger partial charge in [-0.1, -0.05) is 23.2 Å². The van der Waals surface area contributed by atoms with Gasteiger partial charge in [0.05, 0.1) is 0 Å². The molecule has 1 atom stereocenters. The summed E-state index contributed by atoms with van der Waals surface area (Å²) >= 11 is 14.2. The summed E-state index contributed by atoms with van der Waals surface area (Å²) in [5.41, 5.74) is 0. The molecule has 1 amide bonds. The fourth-order valence-corrected chi connectivity index (χ4v) is 1.81. The van der Waals surface area contributed by atoms with E-state index in [4.69, 9.17) is 28.3 Å². The molecule has 0 spiro atoms. The van der Waals surface area contributed by atoms with Crippen LogP contribution in [0.15, 0.2) is 0 Å². The minimum absolute atomic E-state index is 0.191. The minimum atomic E-state index is -3.30. The van der Waals surface area contributed by atoms with Crippen LogP contribution in [0.2, 0.25) is 0 Å². The average Bonchev–Trinajstić information content (AvgIpc) is 2.11. The van der Waals surface area contributed by atoms with E-state index in [0.29, 0.717) is 0 Å². The summed E-state index contributed by atoms with van der Waals surface area (Å²) < 4.78 is 22.1. The number of nitrogens with zero attached hydrogens (tertiary/aromatic N) is 1. The van der Waals surface area contributed by atoms with Gasteiger partial charge in [-0.2, -0.15) is 12.6 Å². The number of aliphatic carboxylic acids is 1. The van der Waals surface area contributed by atoms with Gasteiger partial charge in [0, 0.05) is 12.7 Å². The van der Waals surface area contributed by atoms with Crippen molar-refractivity contribution in [2.75, 3.05) is 5.75 Å². The summed E-state index contributed by atoms with van der Waals surface area (Å²) in [5, 5.41) is 8.73. The van der Waals surface area contributed by atoms with Crippen molar-refractivity contribution in [2.45, 2.75) is 23.8 Å². The van der Waals surface area contributed by atoms with Crippen molar-refractivity contribution in [3.05, 3.63) is 0 Å². The highest BCUT2D eigenvalue weighted by atomic mass is 35.5. The second kappa shape index (κ2) is 5.88. The standard InChI is InChI=1S/C7H9Cl2F2NO3S/c1-3(13)12(4(2-16)5(14)15)7(8,9)6(10)11/h4,6,16H,2H2,1H3,(H,14,15)/t4-/m0/s1. The second-order valence-corrected chi connectivity index (χ2v) is 4.53. The van der Waals surface area contributed by atoms with Crippen LogP contribution < -0.4 is 0 Å². The molecule has 4 nitrogen and oxygen atoms in total. The van der Waals surface area contributed by atoms with Crippen molar-refractivity contribution in [3.8, 4) is 0 Å². The lowest BCUT2D eigenvalue weighted by molar-refractivity contribution is -0.152. The maximum Gasteiger partial charge on any atom is 0.327 e. The van der Waals surface area contributed by atoms with E-state index in [9.17, 15) is 18.4 Å². The number of thiol groups is 1. The highest BCUT2D eigenvalue weighted by Crippen LogP contribution is 2.35. The summed E-state index contributed by atoms with van der Waals surface area (Å²) in [5.74, 6) is -2.88. The van der Waals surface area contributed by atoms with Gasteiger partial charge in [0.25, 0.3) is 10.9 Å². The maximum absolute atomic E-state index is 12.5. The molecule has 0 unspecified atom stereocenters. The van der Waals surface area contributed by atoms with E-state index in [-0.39, 0.29) is 10.7 Å². The Morgan fingerprint density at radius 1 is 1.50 bits per heavy atom. The van der Waals surface area contributed by atoms with Gasteiger partial charge in [-0.05, 0) is 0 Å². The molecule has 1 N–H and O–H groups in total. The fourth-order valence-electron chi connectivity index (χ4n) is 1.01. The quantitative estimate of drug-likeness (QED) is 0.460. The normalized spacial score (nSPS) is 13.7. The number of amides is 1. The minimum Gasteiger partial charge on any atom is -0.480 e. The smallest absolute Gasteiger partial charge is 0.327 e. The highest BCUT2D eigenvalue weighted by molar-refractivity contribution is 7.80. The van der Waals surface area contributed by atoms with Crippen LogP contribution in [-0.4, -0.2) is 44.6 Å². The molecule has 94 valence electrons. The van der Waals surface area contributed by atoms with E-state index < -0.39 is 28.8 Å². The molecule has 0 saturated carbocycles. The highest BCUT2D eigenvalue weighted by Gasteiger charge is 2.48. The van der Waals surface area contributed by atoms with Gasteiger partial charge in [-0.25, -0.2) is 13.6 Å². The van der Waals surface area contributed by atoms with E-state index in [1.54, 1.807) is 0 Å². The number of alkyl halides is 4. The largest absolute Gasteiger partial charge is 0.480 e. The zero-order valence-electron chi connectivity index (χ0n) is 8.03. The zero-order valence-corrected chi connectivity index (χ0v) is 10.4. The first-order chi connectivity index (χ1) is 7.16. The number of carbonyl (C=O) groups is 2. The Morgan fingerprint density at radius 3 is 2.12 bits per heavy atom. The van der Waals surface area contributed by atoms with Crippen molar-refractivity contribution >= 4 is 47.7 Å². The third-order valence-corrected chi connectivity index (χ3v) is 2.73. The first-order valence-corrected chi connectivity index (χ1v) is 5.34. The molecule has 0 aliphatic rings. The molecule has 0 saturated heterocycles. The first-order valence-electron chi connectivity index (χ1n) is 3.95. The molecule has 9 heteroatoms. The predicted molar refractivity (Wildman–Crippen MR) is 58.2 cm³/mol. The summed E-state index contributed by atoms with van der Waals surface area (Å²) in [6.07, 6.45) is -3.30. The first kappa shape index (κ1) is 15.7. The molecule has 0 aromatic rings. The number of rotatable bonds is 5. The molecule has 0 rings (SSSR count). The van der Waals surface area contributed by atoms with E-state index in [2.05, 4.69) is 12.6 Å². The SMILES string of the molecule is CC(=O)N([C@@H](CS)C(=O)O)C(Cl)(Cl)C(F)F. The molecule has 0 bridgehead atoms. The van der Waals surface area contributed by atoms with E-state index >= 15 is 0 Å². The van der Waals surface area contributed by atoms with Crippen LogP contribution in [0.4, 0.5) is 8.78 Å². The predicted octanol–water partition coefficient (Wildman–Crippen LogP) is 1.61. The van der Waals surface area contributed by atoms with E-state index in [0.717, 1.165) is 6.92 Å². The molecule has 0 aliphatic carbocycles. The third-order valence-electron chi connectivity index (χ3n) is 1.69. The van der Waals surface area contributed by atoms with Crippen LogP contribution in [0.1, 0.15) is 6.92 Å². The molecular weight excluding hydrogens is 287 g/mol. The molecule has 16 heavy (non-hydrogen) atoms. The number of hydrogen-bond donors (Lipinski definition) is 2. The van der Waals surface area contributed by atoms with Gasteiger partial charge < -0.3 is 5.11 Å². The molecule has 0 heterocycles. The maximum atomic E-state index is 12.5. The molecule has 0 fully saturated rings. The molecule has 0 aliphatic heterocycles. The Morgan fingerprint density at radius 2 is 1.94 bits per heavy atom. The van der Waals surface area contributed by atoms with Crippen LogP contribution >= 0.6 is 35.8 Å². The second-order valence-electron chi connectivity index (χ2n) is 2.81. The Labute approximate surface area is 106 Å². The van der Waals surface area contributed by atoms with Crippen LogP contribution in [0.3, 0.4) is 0 Å². The molecule has 0 aromatic heterocycles. The van der Waals surface area contributed by atoms with Gasteiger partial charge in [0.1, 0.15) is 6.04 Å². The average molecular weight is 296 g/mol. The van der Waals surface area contributed by atoms with Crippen molar-refractivity contribution in [1.82, 2.24) is 4.90 Å². The number of carboxylic acids is 1. The summed E-state index contributed by atoms with van der Waals surface area (Å²) in [7, 11) is 0. The van der Waals surface area contributed by atoms with Crippen LogP contribution in [0, 0.1) is 0 Å². The lowest BCUT2D eigenvalue weighted by atomic mass is 10.2. The molecule has 0 radical (unpaired) electrons. The Balaban J connectivity index is 5.30. The van der Waals surface area contributed by atoms with Crippen LogP contribution in [0.5, 0.6) is 0 Å². The number of hydrogen-bond acceptors (Lipinski definition) is 3. The zero-order chi connectivity index (χ0) is 13.1. The van der Waals surface area contributed by atoms with Crippen LogP contribution in [0.25, 0.3) is 0 Å². The topological polar surface area (TPSA) is 57.6 Å². The molecule has 0 aromatic carbocycles. The summed E-state index contributed by atoms with van der Waals surface area (Å²) in [6.45, 7) is 0.890. The monoisotopic (exact) mass is 295 g/mol. The Kier molecular flexibility index (Phi) is 5.78. The third kappa shape index (κ3) is 3.36. The van der Waals surface area contributed by atoms with E-state index in [1.165, 1.54) is 0 Å². The Bertz CT molecular complexity index is 291. The summed E-state index contributed by atoms with van der Waals surface area (Å²) in [4.78, 5) is 22.1. The lowest BCUT2D eigenvalue weighted by Crippen LogP contribution is -2.56. The van der Waals surface area contributed by atoms with Gasteiger partial charge in [-0.3, -0.25) is 9.69 Å². The fraction of sp³-hybridized carbons (Fsp3) is 0.714. The number of carbonyl (C=O) groups excluding carboxylic acids is 1. The van der Waals surface area contributed by atoms with Gasteiger partial charge in [-0.15, -0.1) is 0 Å². The van der Waals surface area contributed by atoms with Crippen molar-refractivity contribution in [3.63, 3.8) is 0 Å². The van der Waals surface area contributed by atoms with Crippen molar-refractivity contribution in [2.24, 2.45) is 0 Å².